The molecule has 0 saturated heterocycles. The molecule has 0 bridgehead atoms. The maximum Gasteiger partial charge on any atom is 0.201 e. The zero-order valence-corrected chi connectivity index (χ0v) is 23.9. The van der Waals surface area contributed by atoms with E-state index in [4.69, 9.17) is 4.74 Å². The highest BCUT2D eigenvalue weighted by atomic mass is 19.2. The van der Waals surface area contributed by atoms with Gasteiger partial charge in [-0.2, -0.15) is 4.39 Å². The first-order valence-electron chi connectivity index (χ1n) is 15.0. The van der Waals surface area contributed by atoms with Gasteiger partial charge in [-0.1, -0.05) is 67.6 Å². The van der Waals surface area contributed by atoms with Gasteiger partial charge in [0.1, 0.15) is 12.4 Å². The van der Waals surface area contributed by atoms with Crippen LogP contribution in [0.3, 0.4) is 0 Å². The van der Waals surface area contributed by atoms with E-state index in [9.17, 15) is 8.78 Å². The molecule has 0 aromatic heterocycles. The fourth-order valence-electron chi connectivity index (χ4n) is 6.42. The summed E-state index contributed by atoms with van der Waals surface area (Å²) in [4.78, 5) is 0. The number of hydrogen-bond donors (Lipinski definition) is 0. The van der Waals surface area contributed by atoms with Crippen LogP contribution in [0.5, 0.6) is 5.75 Å². The Bertz CT molecular complexity index is 1410. The molecule has 3 aromatic carbocycles. The van der Waals surface area contributed by atoms with Crippen LogP contribution in [-0.2, 0) is 0 Å². The molecule has 2 aliphatic rings. The Balaban J connectivity index is 1.25. The molecule has 2 aliphatic carbocycles. The molecule has 0 N–H and O–H groups in total. The molecule has 0 heterocycles. The minimum absolute atomic E-state index is 0.113. The second kappa shape index (κ2) is 13.4. The summed E-state index contributed by atoms with van der Waals surface area (Å²) < 4.78 is 50.1. The molecule has 4 heteroatoms. The van der Waals surface area contributed by atoms with Crippen molar-refractivity contribution >= 4 is 5.57 Å². The smallest absolute Gasteiger partial charge is 0.201 e. The van der Waals surface area contributed by atoms with E-state index < -0.39 is 11.6 Å². The maximum atomic E-state index is 15.3. The predicted octanol–water partition coefficient (Wildman–Crippen LogP) is 11.0. The summed E-state index contributed by atoms with van der Waals surface area (Å²) in [6, 6.07) is 15.5. The van der Waals surface area contributed by atoms with Crippen LogP contribution in [-0.4, -0.2) is 6.61 Å². The first kappa shape index (κ1) is 29.0. The number of ether oxygens (including phenoxy) is 1. The maximum absolute atomic E-state index is 15.3. The molecule has 3 aromatic rings. The number of benzene rings is 3. The number of allylic oxidation sites excluding steroid dienone is 4. The monoisotopic (exact) mass is 556 g/mol. The fourth-order valence-corrected chi connectivity index (χ4v) is 6.42. The van der Waals surface area contributed by atoms with Gasteiger partial charge < -0.3 is 4.74 Å². The number of rotatable bonds is 9. The van der Waals surface area contributed by atoms with Crippen LogP contribution in [0.2, 0.25) is 0 Å². The van der Waals surface area contributed by atoms with Crippen molar-refractivity contribution in [2.45, 2.75) is 58.3 Å². The Labute approximate surface area is 242 Å². The van der Waals surface area contributed by atoms with Crippen molar-refractivity contribution in [1.82, 2.24) is 0 Å². The Kier molecular flexibility index (Phi) is 9.49. The van der Waals surface area contributed by atoms with Crippen LogP contribution >= 0.6 is 0 Å². The van der Waals surface area contributed by atoms with Gasteiger partial charge >= 0.3 is 0 Å². The summed E-state index contributed by atoms with van der Waals surface area (Å²) >= 11 is 0. The lowest BCUT2D eigenvalue weighted by Gasteiger charge is -2.34. The zero-order valence-electron chi connectivity index (χ0n) is 23.9. The summed E-state index contributed by atoms with van der Waals surface area (Å²) in [6.45, 7) is 6.13. The lowest BCUT2D eigenvalue weighted by molar-refractivity contribution is 0.212. The average Bonchev–Trinajstić information content (AvgIpc) is 3.01. The van der Waals surface area contributed by atoms with E-state index in [0.717, 1.165) is 48.3 Å². The van der Waals surface area contributed by atoms with Gasteiger partial charge in [-0.25, -0.2) is 8.78 Å². The summed E-state index contributed by atoms with van der Waals surface area (Å²) in [5, 5.41) is 0. The van der Waals surface area contributed by atoms with E-state index in [1.165, 1.54) is 37.8 Å². The molecule has 214 valence electrons. The van der Waals surface area contributed by atoms with Crippen LogP contribution in [0.15, 0.2) is 85.5 Å². The highest BCUT2D eigenvalue weighted by Gasteiger charge is 2.28. The molecule has 1 saturated carbocycles. The van der Waals surface area contributed by atoms with E-state index in [0.29, 0.717) is 23.0 Å². The van der Waals surface area contributed by atoms with Crippen LogP contribution < -0.4 is 4.74 Å². The molecule has 1 nitrogen and oxygen atoms in total. The van der Waals surface area contributed by atoms with Crippen LogP contribution in [0.4, 0.5) is 13.2 Å². The lowest BCUT2D eigenvalue weighted by Crippen LogP contribution is -2.22. The van der Waals surface area contributed by atoms with Crippen molar-refractivity contribution in [3.63, 3.8) is 0 Å². The average molecular weight is 557 g/mol. The molecule has 0 radical (unpaired) electrons. The molecule has 1 atom stereocenters. The van der Waals surface area contributed by atoms with Gasteiger partial charge in [0, 0.05) is 11.1 Å². The van der Waals surface area contributed by atoms with Crippen molar-refractivity contribution in [1.29, 1.82) is 0 Å². The second-order valence-electron chi connectivity index (χ2n) is 11.4. The molecular weight excluding hydrogens is 517 g/mol. The van der Waals surface area contributed by atoms with Gasteiger partial charge in [-0.3, -0.25) is 0 Å². The second-order valence-corrected chi connectivity index (χ2v) is 11.4. The van der Waals surface area contributed by atoms with E-state index in [1.54, 1.807) is 24.3 Å². The highest BCUT2D eigenvalue weighted by molar-refractivity contribution is 5.74. The summed E-state index contributed by atoms with van der Waals surface area (Å²) in [5.74, 6) is -0.119. The minimum Gasteiger partial charge on any atom is -0.486 e. The molecule has 41 heavy (non-hydrogen) atoms. The third-order valence-electron chi connectivity index (χ3n) is 8.90. The first-order valence-corrected chi connectivity index (χ1v) is 15.0. The fraction of sp³-hybridized carbons (Fsp3) is 0.351. The summed E-state index contributed by atoms with van der Waals surface area (Å²) in [5.41, 5.74) is 4.05. The van der Waals surface area contributed by atoms with Gasteiger partial charge in [0.2, 0.25) is 5.82 Å². The molecule has 0 amide bonds. The zero-order chi connectivity index (χ0) is 28.8. The molecule has 5 rings (SSSR count). The summed E-state index contributed by atoms with van der Waals surface area (Å²) in [7, 11) is 0. The van der Waals surface area contributed by atoms with Gasteiger partial charge in [0.25, 0.3) is 0 Å². The van der Waals surface area contributed by atoms with E-state index >= 15 is 4.39 Å². The SMILES string of the molecule is C=CC1CCC(C2CC=C(c3ccc(-c4ccc(-c5ccc(OC/C=C/CC)c(F)c5F)cc4)cc3F)CC2)CC1. The van der Waals surface area contributed by atoms with Crippen LogP contribution in [0.1, 0.15) is 63.9 Å². The van der Waals surface area contributed by atoms with Crippen molar-refractivity contribution in [2.24, 2.45) is 17.8 Å². The van der Waals surface area contributed by atoms with E-state index in [-0.39, 0.29) is 23.7 Å². The van der Waals surface area contributed by atoms with E-state index in [2.05, 4.69) is 18.7 Å². The van der Waals surface area contributed by atoms with Crippen molar-refractivity contribution < 1.29 is 17.9 Å². The summed E-state index contributed by atoms with van der Waals surface area (Å²) in [6.07, 6.45) is 17.0. The molecule has 0 aliphatic heterocycles. The molecular formula is C37H39F3O. The van der Waals surface area contributed by atoms with Gasteiger partial charge in [-0.15, -0.1) is 6.58 Å². The van der Waals surface area contributed by atoms with Crippen LogP contribution in [0, 0.1) is 35.2 Å². The van der Waals surface area contributed by atoms with Gasteiger partial charge in [-0.05, 0) is 110 Å². The topological polar surface area (TPSA) is 9.23 Å². The Morgan fingerprint density at radius 1 is 0.780 bits per heavy atom. The normalized spacial score (nSPS) is 21.1. The van der Waals surface area contributed by atoms with Crippen molar-refractivity contribution in [3.05, 3.63) is 108 Å². The molecule has 0 spiro atoms. The Morgan fingerprint density at radius 2 is 1.49 bits per heavy atom. The Morgan fingerprint density at radius 3 is 2.15 bits per heavy atom. The minimum atomic E-state index is -1.00. The number of halogens is 3. The molecule has 1 unspecified atom stereocenters. The van der Waals surface area contributed by atoms with Gasteiger partial charge in [0.15, 0.2) is 11.6 Å². The standard InChI is InChI=1S/C37H39F3O/c1-3-5-6-23-41-35-22-21-33(36(39)37(35)40)30-17-13-28(14-18-30)31-19-20-32(34(38)24-31)29-15-11-27(12-16-29)26-9-7-25(4-2)8-10-26/h4-6,13-15,17-22,24-27H,2-3,7-12,16,23H2,1H3/b6-5+. The third-order valence-corrected chi connectivity index (χ3v) is 8.90. The largest absolute Gasteiger partial charge is 0.486 e. The predicted molar refractivity (Wildman–Crippen MR) is 163 cm³/mol. The van der Waals surface area contributed by atoms with Crippen molar-refractivity contribution in [3.8, 4) is 28.0 Å². The highest BCUT2D eigenvalue weighted by Crippen LogP contribution is 2.42. The first-order chi connectivity index (χ1) is 20.0. The third kappa shape index (κ3) is 6.69. The lowest BCUT2D eigenvalue weighted by atomic mass is 9.71. The van der Waals surface area contributed by atoms with Gasteiger partial charge in [0.05, 0.1) is 0 Å². The Hall–Kier alpha value is -3.53. The van der Waals surface area contributed by atoms with E-state index in [1.807, 2.05) is 37.3 Å². The van der Waals surface area contributed by atoms with Crippen LogP contribution in [0.25, 0.3) is 27.8 Å². The molecule has 1 fully saturated rings. The van der Waals surface area contributed by atoms with Crippen molar-refractivity contribution in [2.75, 3.05) is 6.61 Å². The quantitative estimate of drug-likeness (QED) is 0.238. The number of hydrogen-bond acceptors (Lipinski definition) is 1.